The smallest absolute Gasteiger partial charge is 0.0664 e. The van der Waals surface area contributed by atoms with Crippen molar-refractivity contribution in [3.8, 4) is 0 Å². The highest BCUT2D eigenvalue weighted by atomic mass is 35.5. The van der Waals surface area contributed by atoms with Gasteiger partial charge in [-0.2, -0.15) is 0 Å². The van der Waals surface area contributed by atoms with Crippen LogP contribution in [0.4, 0.5) is 0 Å². The molecule has 1 aliphatic rings. The Balaban J connectivity index is 1.81. The van der Waals surface area contributed by atoms with E-state index >= 15 is 0 Å². The van der Waals surface area contributed by atoms with Crippen LogP contribution in [-0.2, 0) is 12.8 Å². The molecule has 2 aromatic rings. The third kappa shape index (κ3) is 3.23. The van der Waals surface area contributed by atoms with E-state index in [1.807, 2.05) is 18.2 Å². The van der Waals surface area contributed by atoms with Crippen molar-refractivity contribution in [3.63, 3.8) is 0 Å². The Morgan fingerprint density at radius 1 is 1.29 bits per heavy atom. The Morgan fingerprint density at radius 3 is 2.95 bits per heavy atom. The number of rotatable bonds is 3. The zero-order valence-electron chi connectivity index (χ0n) is 11.6. The number of aliphatic hydroxyl groups is 1. The first-order chi connectivity index (χ1) is 10.1. The van der Waals surface area contributed by atoms with Gasteiger partial charge in [0.2, 0.25) is 0 Å². The van der Waals surface area contributed by atoms with Gasteiger partial charge in [-0.15, -0.1) is 0 Å². The predicted octanol–water partition coefficient (Wildman–Crippen LogP) is 4.41. The second-order valence-electron chi connectivity index (χ2n) is 5.55. The number of hydrogen-bond donors (Lipinski definition) is 1. The van der Waals surface area contributed by atoms with Gasteiger partial charge in [-0.3, -0.25) is 4.98 Å². The molecule has 110 valence electrons. The Morgan fingerprint density at radius 2 is 2.14 bits per heavy atom. The molecule has 0 saturated carbocycles. The van der Waals surface area contributed by atoms with E-state index in [-0.39, 0.29) is 5.92 Å². The molecule has 0 fully saturated rings. The van der Waals surface area contributed by atoms with Crippen molar-refractivity contribution in [2.45, 2.75) is 37.7 Å². The van der Waals surface area contributed by atoms with Crippen LogP contribution in [0.1, 0.15) is 35.6 Å². The highest BCUT2D eigenvalue weighted by molar-refractivity contribution is 6.35. The molecule has 21 heavy (non-hydrogen) atoms. The fraction of sp³-hybridized carbons (Fsp3) is 0.353. The van der Waals surface area contributed by atoms with E-state index in [2.05, 4.69) is 11.1 Å². The molecule has 1 N–H and O–H groups in total. The van der Waals surface area contributed by atoms with Crippen LogP contribution < -0.4 is 0 Å². The Kier molecular flexibility index (Phi) is 4.48. The van der Waals surface area contributed by atoms with Crippen LogP contribution in [0.25, 0.3) is 0 Å². The van der Waals surface area contributed by atoms with E-state index in [0.717, 1.165) is 30.5 Å². The molecule has 3 rings (SSSR count). The number of pyridine rings is 1. The van der Waals surface area contributed by atoms with Crippen LogP contribution in [0.2, 0.25) is 10.0 Å². The minimum atomic E-state index is -0.474. The summed E-state index contributed by atoms with van der Waals surface area (Å²) in [5.41, 5.74) is 3.23. The van der Waals surface area contributed by atoms with Gasteiger partial charge >= 0.3 is 0 Å². The van der Waals surface area contributed by atoms with Gasteiger partial charge in [0, 0.05) is 34.3 Å². The molecule has 1 heterocycles. The lowest BCUT2D eigenvalue weighted by Crippen LogP contribution is -2.26. The number of aromatic nitrogens is 1. The number of aryl methyl sites for hydroxylation is 1. The second kappa shape index (κ2) is 6.35. The van der Waals surface area contributed by atoms with Gasteiger partial charge in [0.25, 0.3) is 0 Å². The van der Waals surface area contributed by atoms with Crippen molar-refractivity contribution in [1.29, 1.82) is 0 Å². The van der Waals surface area contributed by atoms with Gasteiger partial charge in [0.05, 0.1) is 6.10 Å². The number of nitrogens with zero attached hydrogens (tertiary/aromatic N) is 1. The van der Waals surface area contributed by atoms with Crippen LogP contribution in [0, 0.1) is 0 Å². The lowest BCUT2D eigenvalue weighted by atomic mass is 9.81. The van der Waals surface area contributed by atoms with Gasteiger partial charge in [-0.25, -0.2) is 0 Å². The topological polar surface area (TPSA) is 33.1 Å². The van der Waals surface area contributed by atoms with Crippen LogP contribution in [0.15, 0.2) is 36.5 Å². The molecule has 0 amide bonds. The summed E-state index contributed by atoms with van der Waals surface area (Å²) >= 11 is 12.1. The lowest BCUT2D eigenvalue weighted by Gasteiger charge is -2.28. The molecule has 0 radical (unpaired) electrons. The van der Waals surface area contributed by atoms with E-state index < -0.39 is 6.10 Å². The standard InChI is InChI=1S/C17H17Cl2NO/c18-13-7-6-12(15(19)10-13)9-16(21)14-5-1-3-11-4-2-8-20-17(11)14/h2,4,6-8,10,14,16,21H,1,3,5,9H2. The van der Waals surface area contributed by atoms with E-state index in [1.165, 1.54) is 5.56 Å². The normalized spacial score (nSPS) is 19.1. The van der Waals surface area contributed by atoms with Gasteiger partial charge in [-0.1, -0.05) is 35.3 Å². The van der Waals surface area contributed by atoms with Gasteiger partial charge in [-0.05, 0) is 48.6 Å². The summed E-state index contributed by atoms with van der Waals surface area (Å²) in [6.07, 6.45) is 4.97. The average Bonchev–Trinajstić information content (AvgIpc) is 2.49. The molecule has 1 aromatic carbocycles. The zero-order valence-corrected chi connectivity index (χ0v) is 13.1. The molecule has 1 aromatic heterocycles. The monoisotopic (exact) mass is 321 g/mol. The van der Waals surface area contributed by atoms with Gasteiger partial charge in [0.1, 0.15) is 0 Å². The summed E-state index contributed by atoms with van der Waals surface area (Å²) in [5, 5.41) is 11.9. The lowest BCUT2D eigenvalue weighted by molar-refractivity contribution is 0.132. The molecule has 2 unspecified atom stereocenters. The summed E-state index contributed by atoms with van der Waals surface area (Å²) in [5.74, 6) is 0.0849. The average molecular weight is 322 g/mol. The number of aliphatic hydroxyl groups excluding tert-OH is 1. The summed E-state index contributed by atoms with van der Waals surface area (Å²) in [6.45, 7) is 0. The van der Waals surface area contributed by atoms with Crippen LogP contribution in [-0.4, -0.2) is 16.2 Å². The van der Waals surface area contributed by atoms with E-state index in [1.54, 1.807) is 12.3 Å². The summed E-state index contributed by atoms with van der Waals surface area (Å²) in [6, 6.07) is 9.48. The van der Waals surface area contributed by atoms with Gasteiger partial charge < -0.3 is 5.11 Å². The molecule has 2 atom stereocenters. The van der Waals surface area contributed by atoms with Crippen molar-refractivity contribution in [2.75, 3.05) is 0 Å². The third-order valence-corrected chi connectivity index (χ3v) is 4.73. The summed E-state index contributed by atoms with van der Waals surface area (Å²) in [4.78, 5) is 4.49. The Hall–Kier alpha value is -1.09. The van der Waals surface area contributed by atoms with Crippen LogP contribution in [0.5, 0.6) is 0 Å². The molecule has 0 saturated heterocycles. The second-order valence-corrected chi connectivity index (χ2v) is 6.40. The van der Waals surface area contributed by atoms with Crippen molar-refractivity contribution >= 4 is 23.2 Å². The maximum atomic E-state index is 10.6. The highest BCUT2D eigenvalue weighted by Crippen LogP contribution is 2.34. The number of halogens is 2. The van der Waals surface area contributed by atoms with Gasteiger partial charge in [0.15, 0.2) is 0 Å². The minimum absolute atomic E-state index is 0.0849. The first-order valence-corrected chi connectivity index (χ1v) is 7.96. The molecule has 0 bridgehead atoms. The molecule has 4 heteroatoms. The van der Waals surface area contributed by atoms with Crippen LogP contribution in [0.3, 0.4) is 0 Å². The van der Waals surface area contributed by atoms with E-state index in [4.69, 9.17) is 23.2 Å². The molecule has 0 aliphatic heterocycles. The predicted molar refractivity (Wildman–Crippen MR) is 86.1 cm³/mol. The maximum Gasteiger partial charge on any atom is 0.0664 e. The third-order valence-electron chi connectivity index (χ3n) is 4.15. The molecule has 0 spiro atoms. The largest absolute Gasteiger partial charge is 0.392 e. The molecule has 2 nitrogen and oxygen atoms in total. The molecular formula is C17H17Cl2NO. The number of fused-ring (bicyclic) bond motifs is 1. The van der Waals surface area contributed by atoms with Crippen molar-refractivity contribution < 1.29 is 5.11 Å². The minimum Gasteiger partial charge on any atom is -0.392 e. The number of benzene rings is 1. The fourth-order valence-corrected chi connectivity index (χ4v) is 3.56. The Labute approximate surface area is 134 Å². The van der Waals surface area contributed by atoms with E-state index in [0.29, 0.717) is 16.5 Å². The fourth-order valence-electron chi connectivity index (χ4n) is 3.07. The van der Waals surface area contributed by atoms with Crippen molar-refractivity contribution in [1.82, 2.24) is 4.98 Å². The zero-order chi connectivity index (χ0) is 14.8. The van der Waals surface area contributed by atoms with Crippen molar-refractivity contribution in [2.24, 2.45) is 0 Å². The number of hydrogen-bond acceptors (Lipinski definition) is 2. The summed E-state index contributed by atoms with van der Waals surface area (Å²) in [7, 11) is 0. The molecule has 1 aliphatic carbocycles. The van der Waals surface area contributed by atoms with E-state index in [9.17, 15) is 5.11 Å². The maximum absolute atomic E-state index is 10.6. The first-order valence-electron chi connectivity index (χ1n) is 7.21. The summed E-state index contributed by atoms with van der Waals surface area (Å²) < 4.78 is 0. The quantitative estimate of drug-likeness (QED) is 0.908. The SMILES string of the molecule is OC(Cc1ccc(Cl)cc1Cl)C1CCCc2cccnc21. The first kappa shape index (κ1) is 14.8. The van der Waals surface area contributed by atoms with Crippen LogP contribution >= 0.6 is 23.2 Å². The Bertz CT molecular complexity index is 644. The van der Waals surface area contributed by atoms with Crippen molar-refractivity contribution in [3.05, 3.63) is 63.4 Å². The highest BCUT2D eigenvalue weighted by Gasteiger charge is 2.28. The molecular weight excluding hydrogens is 305 g/mol.